The van der Waals surface area contributed by atoms with Gasteiger partial charge in [0, 0.05) is 0 Å². The number of rotatable bonds is 2. The van der Waals surface area contributed by atoms with Crippen molar-refractivity contribution in [3.63, 3.8) is 0 Å². The second-order valence-electron chi connectivity index (χ2n) is 10.2. The van der Waals surface area contributed by atoms with E-state index in [-0.39, 0.29) is 63.2 Å². The van der Waals surface area contributed by atoms with Crippen LogP contribution in [-0.4, -0.2) is 49.2 Å². The summed E-state index contributed by atoms with van der Waals surface area (Å²) in [6.07, 6.45) is 0. The van der Waals surface area contributed by atoms with Crippen LogP contribution in [0.25, 0.3) is 9.96 Å². The van der Waals surface area contributed by atoms with Crippen LogP contribution in [0.15, 0.2) is 0 Å². The first-order chi connectivity index (χ1) is 9.43. The first-order valence-electron chi connectivity index (χ1n) is 8.24. The summed E-state index contributed by atoms with van der Waals surface area (Å²) in [5.41, 5.74) is 0.231. The van der Waals surface area contributed by atoms with Gasteiger partial charge in [0.25, 0.3) is 0 Å². The molecule has 0 bridgehead atoms. The van der Waals surface area contributed by atoms with Gasteiger partial charge >= 0.3 is 26.2 Å². The SMILES string of the molecule is CC(C)(C)[N-][Si]1N(C(C)(C)C)[Si]([N-]C(C)(C)C)N1C(C)(C)C.[CH3-].[CH3-].[Zr+4]. The molecule has 0 spiro atoms. The summed E-state index contributed by atoms with van der Waals surface area (Å²) in [6.45, 7) is 27.1. The van der Waals surface area contributed by atoms with Crippen molar-refractivity contribution < 1.29 is 26.2 Å². The summed E-state index contributed by atoms with van der Waals surface area (Å²) in [5, 5.41) is 0. The van der Waals surface area contributed by atoms with Crippen LogP contribution in [-0.2, 0) is 26.2 Å². The summed E-state index contributed by atoms with van der Waals surface area (Å²) >= 11 is 0. The van der Waals surface area contributed by atoms with Crippen LogP contribution < -0.4 is 0 Å². The Balaban J connectivity index is -0.00000161. The summed E-state index contributed by atoms with van der Waals surface area (Å²) in [4.78, 5) is 10.4. The Morgan fingerprint density at radius 2 is 0.720 bits per heavy atom. The number of hydrogen-bond donors (Lipinski definition) is 0. The first-order valence-corrected chi connectivity index (χ1v) is 10.9. The minimum absolute atomic E-state index is 0. The van der Waals surface area contributed by atoms with Gasteiger partial charge in [0.05, 0.1) is 18.6 Å². The first kappa shape index (κ1) is 30.9. The predicted molar refractivity (Wildman–Crippen MR) is 114 cm³/mol. The maximum Gasteiger partial charge on any atom is 4.00 e. The van der Waals surface area contributed by atoms with E-state index in [1.54, 1.807) is 0 Å². The molecule has 1 aliphatic rings. The van der Waals surface area contributed by atoms with Gasteiger partial charge < -0.3 is 33.3 Å². The normalized spacial score (nSPS) is 18.7. The molecule has 146 valence electrons. The van der Waals surface area contributed by atoms with Gasteiger partial charge in [-0.3, -0.25) is 0 Å². The van der Waals surface area contributed by atoms with Crippen molar-refractivity contribution in [3.8, 4) is 0 Å². The van der Waals surface area contributed by atoms with E-state index in [2.05, 4.69) is 91.5 Å². The Kier molecular flexibility index (Phi) is 11.8. The molecule has 1 rings (SSSR count). The van der Waals surface area contributed by atoms with Crippen LogP contribution in [0.3, 0.4) is 0 Å². The van der Waals surface area contributed by atoms with Gasteiger partial charge in [-0.15, -0.1) is 11.1 Å². The van der Waals surface area contributed by atoms with E-state index in [1.807, 2.05) is 0 Å². The van der Waals surface area contributed by atoms with E-state index >= 15 is 0 Å². The van der Waals surface area contributed by atoms with E-state index in [1.165, 1.54) is 0 Å². The Bertz CT molecular complexity index is 346. The van der Waals surface area contributed by atoms with E-state index in [0.29, 0.717) is 0 Å². The minimum Gasteiger partial charge on any atom is -0.636 e. The quantitative estimate of drug-likeness (QED) is 0.407. The van der Waals surface area contributed by atoms with Gasteiger partial charge in [0.15, 0.2) is 0 Å². The molecule has 25 heavy (non-hydrogen) atoms. The van der Waals surface area contributed by atoms with Gasteiger partial charge in [-0.25, -0.2) is 0 Å². The molecule has 1 fully saturated rings. The fourth-order valence-electron chi connectivity index (χ4n) is 2.33. The molecule has 0 aromatic carbocycles. The molecule has 0 amide bonds. The van der Waals surface area contributed by atoms with E-state index in [0.717, 1.165) is 0 Å². The summed E-state index contributed by atoms with van der Waals surface area (Å²) in [6, 6.07) is 0. The molecule has 0 aromatic rings. The van der Waals surface area contributed by atoms with Crippen LogP contribution in [0.2, 0.25) is 0 Å². The Morgan fingerprint density at radius 3 is 0.840 bits per heavy atom. The van der Waals surface area contributed by atoms with Crippen LogP contribution in [0.5, 0.6) is 0 Å². The van der Waals surface area contributed by atoms with Crippen molar-refractivity contribution in [2.75, 3.05) is 0 Å². The smallest absolute Gasteiger partial charge is 0.636 e. The van der Waals surface area contributed by atoms with Crippen LogP contribution in [0.1, 0.15) is 83.1 Å². The zero-order valence-corrected chi connectivity index (χ0v) is 23.7. The fourth-order valence-corrected chi connectivity index (χ4v) is 9.31. The van der Waals surface area contributed by atoms with Crippen molar-refractivity contribution in [1.82, 2.24) is 8.46 Å². The van der Waals surface area contributed by atoms with E-state index in [4.69, 9.17) is 9.96 Å². The molecule has 4 nitrogen and oxygen atoms in total. The van der Waals surface area contributed by atoms with Crippen molar-refractivity contribution >= 4 is 18.6 Å². The molecule has 0 aromatic heterocycles. The predicted octanol–water partition coefficient (Wildman–Crippen LogP) is 5.41. The Morgan fingerprint density at radius 1 is 0.520 bits per heavy atom. The minimum atomic E-state index is -1.07. The molecule has 1 heterocycles. The molecule has 0 aliphatic carbocycles. The van der Waals surface area contributed by atoms with Crippen molar-refractivity contribution in [1.29, 1.82) is 0 Å². The maximum atomic E-state index is 5.21. The van der Waals surface area contributed by atoms with Crippen molar-refractivity contribution in [2.24, 2.45) is 0 Å². The molecule has 7 heteroatoms. The molecule has 0 N–H and O–H groups in total. The molecular weight excluding hydrogens is 420 g/mol. The maximum absolute atomic E-state index is 5.21. The monoisotopic (exact) mass is 460 g/mol. The van der Waals surface area contributed by atoms with Gasteiger partial charge in [-0.05, 0) is 52.6 Å². The summed E-state index contributed by atoms with van der Waals surface area (Å²) < 4.78 is 5.29. The van der Waals surface area contributed by atoms with Gasteiger partial charge in [-0.1, -0.05) is 41.5 Å². The van der Waals surface area contributed by atoms with Gasteiger partial charge in [0.1, 0.15) is 0 Å². The topological polar surface area (TPSA) is 34.7 Å². The van der Waals surface area contributed by atoms with Crippen LogP contribution in [0.4, 0.5) is 0 Å². The third-order valence-corrected chi connectivity index (χ3v) is 11.4. The largest absolute Gasteiger partial charge is 4.00 e. The van der Waals surface area contributed by atoms with Gasteiger partial charge in [0.2, 0.25) is 0 Å². The summed E-state index contributed by atoms with van der Waals surface area (Å²) in [5.74, 6) is 0. The second kappa shape index (κ2) is 9.57. The Hall–Kier alpha value is 1.16. The molecule has 0 unspecified atom stereocenters. The molecule has 2 radical (unpaired) electrons. The zero-order valence-electron chi connectivity index (χ0n) is 19.3. The average Bonchev–Trinajstić information content (AvgIpc) is 2.04. The third kappa shape index (κ3) is 8.80. The molecular formula is C18H42N4Si2Zr. The Labute approximate surface area is 182 Å². The summed E-state index contributed by atoms with van der Waals surface area (Å²) in [7, 11) is -2.15. The van der Waals surface area contributed by atoms with Crippen LogP contribution >= 0.6 is 0 Å². The van der Waals surface area contributed by atoms with Gasteiger partial charge in [-0.2, -0.15) is 0 Å². The third-order valence-electron chi connectivity index (χ3n) is 3.01. The van der Waals surface area contributed by atoms with E-state index < -0.39 is 18.6 Å². The molecule has 0 atom stereocenters. The zero-order chi connectivity index (χ0) is 17.7. The molecule has 1 saturated heterocycles. The van der Waals surface area contributed by atoms with Crippen molar-refractivity contribution in [3.05, 3.63) is 24.8 Å². The molecule has 1 aliphatic heterocycles. The number of nitrogens with zero attached hydrogens (tertiary/aromatic N) is 4. The number of hydrogen-bond acceptors (Lipinski definition) is 2. The fraction of sp³-hybridized carbons (Fsp3) is 0.889. The second-order valence-corrected chi connectivity index (χ2v) is 14.5. The van der Waals surface area contributed by atoms with Crippen molar-refractivity contribution in [2.45, 2.75) is 105 Å². The standard InChI is InChI=1S/C16H36N4Si2.2CH3.Zr/c1-13(2,3)17-21-19(15(7,8)9)22(18-14(4,5)6)20(21)16(10,11)12;;;/h1-12H3;2*1H3;/q-2;2*-1;+4. The average molecular weight is 462 g/mol. The van der Waals surface area contributed by atoms with Crippen LogP contribution in [0, 0.1) is 14.9 Å². The molecule has 0 saturated carbocycles. The van der Waals surface area contributed by atoms with E-state index in [9.17, 15) is 0 Å².